The molecule has 3 rings (SSSR count). The van der Waals surface area contributed by atoms with Crippen LogP contribution in [-0.2, 0) is 26.2 Å². The third-order valence-electron chi connectivity index (χ3n) is 6.79. The second-order valence-corrected chi connectivity index (χ2v) is 12.7. The highest BCUT2D eigenvalue weighted by Crippen LogP contribution is 2.33. The lowest BCUT2D eigenvalue weighted by molar-refractivity contribution is -0.139. The zero-order valence-electron chi connectivity index (χ0n) is 25.0. The molecule has 1 N–H and O–H groups in total. The van der Waals surface area contributed by atoms with Crippen molar-refractivity contribution in [2.45, 2.75) is 62.9 Å². The van der Waals surface area contributed by atoms with Crippen molar-refractivity contribution in [2.75, 3.05) is 30.3 Å². The van der Waals surface area contributed by atoms with Gasteiger partial charge in [-0.2, -0.15) is 0 Å². The van der Waals surface area contributed by atoms with Crippen LogP contribution in [0.5, 0.6) is 5.75 Å². The fourth-order valence-electron chi connectivity index (χ4n) is 4.45. The first-order valence-electron chi connectivity index (χ1n) is 14.1. The largest absolute Gasteiger partial charge is 0.492 e. The van der Waals surface area contributed by atoms with Gasteiger partial charge in [0.25, 0.3) is 10.0 Å². The van der Waals surface area contributed by atoms with Gasteiger partial charge in [0.05, 0.1) is 17.2 Å². The fraction of sp³-hybridized carbons (Fsp3) is 0.375. The first kappa shape index (κ1) is 33.0. The molecular weight excluding hydrogens is 571 g/mol. The van der Waals surface area contributed by atoms with E-state index in [0.29, 0.717) is 18.9 Å². The number of thioether (sulfide) groups is 1. The van der Waals surface area contributed by atoms with Crippen molar-refractivity contribution < 1.29 is 22.7 Å². The van der Waals surface area contributed by atoms with Gasteiger partial charge in [-0.15, -0.1) is 11.8 Å². The summed E-state index contributed by atoms with van der Waals surface area (Å²) in [5.41, 5.74) is 2.11. The number of sulfonamides is 1. The quantitative estimate of drug-likeness (QED) is 0.176. The van der Waals surface area contributed by atoms with Gasteiger partial charge in [0.1, 0.15) is 18.3 Å². The van der Waals surface area contributed by atoms with Crippen LogP contribution >= 0.6 is 11.8 Å². The molecule has 0 saturated heterocycles. The minimum atomic E-state index is -4.20. The molecule has 0 heterocycles. The van der Waals surface area contributed by atoms with Gasteiger partial charge in [-0.3, -0.25) is 13.9 Å². The number of carbonyl (C=O) groups excluding carboxylic acids is 2. The SMILES string of the molecule is CCCCNC(=O)[C@H](C)N(Cc1cccc(C)c1)C(=O)CN(c1ccccc1OCC)S(=O)(=O)c1ccc(SC)cc1. The van der Waals surface area contributed by atoms with Crippen LogP contribution in [0.1, 0.15) is 44.7 Å². The Labute approximate surface area is 254 Å². The molecule has 1 atom stereocenters. The highest BCUT2D eigenvalue weighted by molar-refractivity contribution is 7.98. The predicted molar refractivity (Wildman–Crippen MR) is 169 cm³/mol. The van der Waals surface area contributed by atoms with Gasteiger partial charge in [-0.1, -0.05) is 55.3 Å². The molecular formula is C32H41N3O5S2. The average molecular weight is 612 g/mol. The number of hydrogen-bond acceptors (Lipinski definition) is 6. The van der Waals surface area contributed by atoms with Crippen LogP contribution in [0, 0.1) is 6.92 Å². The summed E-state index contributed by atoms with van der Waals surface area (Å²) in [6.45, 7) is 7.91. The molecule has 0 aliphatic heterocycles. The van der Waals surface area contributed by atoms with Crippen molar-refractivity contribution >= 4 is 39.3 Å². The number of rotatable bonds is 15. The van der Waals surface area contributed by atoms with Crippen molar-refractivity contribution in [2.24, 2.45) is 0 Å². The normalized spacial score (nSPS) is 11.9. The number of anilines is 1. The van der Waals surface area contributed by atoms with Gasteiger partial charge >= 0.3 is 0 Å². The molecule has 0 unspecified atom stereocenters. The topological polar surface area (TPSA) is 96.0 Å². The number of ether oxygens (including phenoxy) is 1. The number of hydrogen-bond donors (Lipinski definition) is 1. The summed E-state index contributed by atoms with van der Waals surface area (Å²) in [5, 5.41) is 2.91. The summed E-state index contributed by atoms with van der Waals surface area (Å²) in [7, 11) is -4.20. The van der Waals surface area contributed by atoms with Crippen molar-refractivity contribution in [3.05, 3.63) is 83.9 Å². The summed E-state index contributed by atoms with van der Waals surface area (Å²) in [6, 6.07) is 20.2. The van der Waals surface area contributed by atoms with Gasteiger partial charge in [-0.05, 0) is 75.4 Å². The molecule has 3 aromatic rings. The molecule has 0 aromatic heterocycles. The molecule has 226 valence electrons. The summed E-state index contributed by atoms with van der Waals surface area (Å²) < 4.78 is 35.1. The Kier molecular flexibility index (Phi) is 12.3. The molecule has 10 heteroatoms. The van der Waals surface area contributed by atoms with Crippen LogP contribution in [-0.4, -0.2) is 57.1 Å². The predicted octanol–water partition coefficient (Wildman–Crippen LogP) is 5.64. The molecule has 0 bridgehead atoms. The van der Waals surface area contributed by atoms with E-state index in [9.17, 15) is 18.0 Å². The van der Waals surface area contributed by atoms with Crippen molar-refractivity contribution in [3.63, 3.8) is 0 Å². The molecule has 0 radical (unpaired) electrons. The van der Waals surface area contributed by atoms with E-state index in [-0.39, 0.29) is 23.0 Å². The molecule has 8 nitrogen and oxygen atoms in total. The van der Waals surface area contributed by atoms with E-state index in [1.807, 2.05) is 51.3 Å². The van der Waals surface area contributed by atoms with Crippen LogP contribution < -0.4 is 14.4 Å². The number of aryl methyl sites for hydroxylation is 1. The maximum absolute atomic E-state index is 14.1. The molecule has 0 aliphatic carbocycles. The Morgan fingerprint density at radius 1 is 1.00 bits per heavy atom. The minimum Gasteiger partial charge on any atom is -0.492 e. The molecule has 3 aromatic carbocycles. The maximum atomic E-state index is 14.1. The minimum absolute atomic E-state index is 0.0509. The van der Waals surface area contributed by atoms with E-state index in [1.165, 1.54) is 28.8 Å². The molecule has 0 saturated carbocycles. The molecule has 2 amide bonds. The van der Waals surface area contributed by atoms with Crippen LogP contribution in [0.2, 0.25) is 0 Å². The van der Waals surface area contributed by atoms with E-state index < -0.39 is 28.5 Å². The number of nitrogens with zero attached hydrogens (tertiary/aromatic N) is 2. The second kappa shape index (κ2) is 15.7. The summed E-state index contributed by atoms with van der Waals surface area (Å²) in [5.74, 6) is -0.459. The second-order valence-electron chi connectivity index (χ2n) is 9.92. The standard InChI is InChI=1S/C32H41N3O5S2/c1-6-8-20-33-32(37)25(4)34(22-26-13-11-12-24(3)21-26)31(36)23-35(29-14-9-10-15-30(29)40-7-2)42(38,39)28-18-16-27(41-5)17-19-28/h9-19,21,25H,6-8,20,22-23H2,1-5H3,(H,33,37)/t25-/m0/s1. The van der Waals surface area contributed by atoms with Gasteiger partial charge in [0, 0.05) is 18.0 Å². The summed E-state index contributed by atoms with van der Waals surface area (Å²) in [6.07, 6.45) is 3.65. The van der Waals surface area contributed by atoms with Crippen molar-refractivity contribution in [1.29, 1.82) is 0 Å². The third-order valence-corrected chi connectivity index (χ3v) is 9.31. The van der Waals surface area contributed by atoms with Crippen LogP contribution in [0.4, 0.5) is 5.69 Å². The highest BCUT2D eigenvalue weighted by atomic mass is 32.2. The van der Waals surface area contributed by atoms with Crippen LogP contribution in [0.25, 0.3) is 0 Å². The van der Waals surface area contributed by atoms with Gasteiger partial charge < -0.3 is 15.0 Å². The van der Waals surface area contributed by atoms with Gasteiger partial charge in [0.15, 0.2) is 0 Å². The lowest BCUT2D eigenvalue weighted by Gasteiger charge is -2.32. The maximum Gasteiger partial charge on any atom is 0.264 e. The number of unbranched alkanes of at least 4 members (excludes halogenated alkanes) is 1. The number of nitrogens with one attached hydrogen (secondary N) is 1. The van der Waals surface area contributed by atoms with Crippen molar-refractivity contribution in [1.82, 2.24) is 10.2 Å². The third kappa shape index (κ3) is 8.51. The summed E-state index contributed by atoms with van der Waals surface area (Å²) >= 11 is 1.50. The first-order chi connectivity index (χ1) is 20.1. The van der Waals surface area contributed by atoms with E-state index in [0.717, 1.165) is 33.2 Å². The van der Waals surface area contributed by atoms with Gasteiger partial charge in [-0.25, -0.2) is 8.42 Å². The zero-order valence-corrected chi connectivity index (χ0v) is 26.6. The Morgan fingerprint density at radius 3 is 2.36 bits per heavy atom. The number of para-hydroxylation sites is 2. The lowest BCUT2D eigenvalue weighted by atomic mass is 10.1. The Bertz CT molecular complexity index is 1440. The van der Waals surface area contributed by atoms with E-state index in [2.05, 4.69) is 5.32 Å². The van der Waals surface area contributed by atoms with Crippen molar-refractivity contribution in [3.8, 4) is 5.75 Å². The van der Waals surface area contributed by atoms with Crippen LogP contribution in [0.15, 0.2) is 82.6 Å². The smallest absolute Gasteiger partial charge is 0.264 e. The number of carbonyl (C=O) groups is 2. The van der Waals surface area contributed by atoms with Crippen LogP contribution in [0.3, 0.4) is 0 Å². The monoisotopic (exact) mass is 611 g/mol. The highest BCUT2D eigenvalue weighted by Gasteiger charge is 2.33. The van der Waals surface area contributed by atoms with E-state index in [1.54, 1.807) is 43.3 Å². The van der Waals surface area contributed by atoms with E-state index >= 15 is 0 Å². The molecule has 42 heavy (non-hydrogen) atoms. The molecule has 0 aliphatic rings. The Balaban J connectivity index is 2.06. The number of benzene rings is 3. The molecule has 0 spiro atoms. The zero-order chi connectivity index (χ0) is 30.7. The lowest BCUT2D eigenvalue weighted by Crippen LogP contribution is -2.51. The Hall–Kier alpha value is -3.50. The Morgan fingerprint density at radius 2 is 1.71 bits per heavy atom. The average Bonchev–Trinajstić information content (AvgIpc) is 2.99. The van der Waals surface area contributed by atoms with Gasteiger partial charge in [0.2, 0.25) is 11.8 Å². The van der Waals surface area contributed by atoms with E-state index in [4.69, 9.17) is 4.74 Å². The first-order valence-corrected chi connectivity index (χ1v) is 16.8. The fourth-order valence-corrected chi connectivity index (χ4v) is 6.29. The number of amides is 2. The molecule has 0 fully saturated rings. The summed E-state index contributed by atoms with van der Waals surface area (Å²) in [4.78, 5) is 29.7.